The van der Waals surface area contributed by atoms with Crippen molar-refractivity contribution in [2.75, 3.05) is 13.1 Å². The van der Waals surface area contributed by atoms with Gasteiger partial charge in [-0.2, -0.15) is 0 Å². The van der Waals surface area contributed by atoms with Gasteiger partial charge < -0.3 is 10.6 Å². The summed E-state index contributed by atoms with van der Waals surface area (Å²) in [4.78, 5) is 14.2. The summed E-state index contributed by atoms with van der Waals surface area (Å²) in [6.45, 7) is 7.82. The van der Waals surface area contributed by atoms with Crippen molar-refractivity contribution in [2.45, 2.75) is 46.1 Å². The van der Waals surface area contributed by atoms with Crippen molar-refractivity contribution in [1.29, 1.82) is 0 Å². The van der Waals surface area contributed by atoms with Crippen LogP contribution in [0.4, 0.5) is 0 Å². The summed E-state index contributed by atoms with van der Waals surface area (Å²) in [5.41, 5.74) is 5.62. The maximum absolute atomic E-state index is 12.2. The topological polar surface area (TPSA) is 46.3 Å². The van der Waals surface area contributed by atoms with Gasteiger partial charge in [0, 0.05) is 19.1 Å². The quantitative estimate of drug-likeness (QED) is 0.772. The molecule has 0 aromatic carbocycles. The van der Waals surface area contributed by atoms with E-state index in [0.717, 1.165) is 19.4 Å². The third-order valence-electron chi connectivity index (χ3n) is 3.78. The van der Waals surface area contributed by atoms with Crippen molar-refractivity contribution in [3.05, 3.63) is 0 Å². The summed E-state index contributed by atoms with van der Waals surface area (Å²) in [7, 11) is 0. The fraction of sp³-hybridized carbons (Fsp3) is 0.917. The van der Waals surface area contributed by atoms with Crippen molar-refractivity contribution in [2.24, 2.45) is 17.6 Å². The van der Waals surface area contributed by atoms with Gasteiger partial charge in [-0.15, -0.1) is 0 Å². The first-order valence-corrected chi connectivity index (χ1v) is 6.12. The van der Waals surface area contributed by atoms with Crippen LogP contribution in [0.15, 0.2) is 0 Å². The molecular weight excluding hydrogens is 188 g/mol. The van der Waals surface area contributed by atoms with Gasteiger partial charge in [0.2, 0.25) is 5.91 Å². The third-order valence-corrected chi connectivity index (χ3v) is 3.78. The Morgan fingerprint density at radius 1 is 1.53 bits per heavy atom. The molecule has 3 heteroatoms. The molecule has 0 radical (unpaired) electrons. The zero-order valence-corrected chi connectivity index (χ0v) is 10.2. The van der Waals surface area contributed by atoms with E-state index in [1.54, 1.807) is 0 Å². The molecule has 0 saturated carbocycles. The number of hydrogen-bond acceptors (Lipinski definition) is 2. The summed E-state index contributed by atoms with van der Waals surface area (Å²) < 4.78 is 0. The van der Waals surface area contributed by atoms with Gasteiger partial charge in [0.15, 0.2) is 0 Å². The Kier molecular flexibility index (Phi) is 4.58. The second kappa shape index (κ2) is 5.50. The minimum absolute atomic E-state index is 0.0257. The lowest BCUT2D eigenvalue weighted by Crippen LogP contribution is -2.49. The molecule has 1 aliphatic rings. The van der Waals surface area contributed by atoms with E-state index in [4.69, 9.17) is 5.73 Å². The van der Waals surface area contributed by atoms with Crippen molar-refractivity contribution in [1.82, 2.24) is 4.90 Å². The molecule has 1 aliphatic heterocycles. The van der Waals surface area contributed by atoms with Gasteiger partial charge in [0.25, 0.3) is 0 Å². The number of amides is 1. The highest BCUT2D eigenvalue weighted by Crippen LogP contribution is 2.24. The zero-order chi connectivity index (χ0) is 11.4. The molecule has 0 bridgehead atoms. The van der Waals surface area contributed by atoms with Crippen LogP contribution < -0.4 is 5.73 Å². The largest absolute Gasteiger partial charge is 0.339 e. The van der Waals surface area contributed by atoms with Crippen LogP contribution in [0, 0.1) is 11.8 Å². The average Bonchev–Trinajstić information content (AvgIpc) is 2.23. The average molecular weight is 212 g/mol. The van der Waals surface area contributed by atoms with Gasteiger partial charge in [-0.3, -0.25) is 4.79 Å². The van der Waals surface area contributed by atoms with Crippen LogP contribution in [0.5, 0.6) is 0 Å². The Balaban J connectivity index is 2.65. The van der Waals surface area contributed by atoms with E-state index in [9.17, 15) is 4.79 Å². The van der Waals surface area contributed by atoms with Gasteiger partial charge in [-0.25, -0.2) is 0 Å². The fourth-order valence-corrected chi connectivity index (χ4v) is 2.32. The summed E-state index contributed by atoms with van der Waals surface area (Å²) in [5, 5.41) is 0. The number of nitrogens with two attached hydrogens (primary N) is 1. The van der Waals surface area contributed by atoms with Gasteiger partial charge in [-0.05, 0) is 32.1 Å². The van der Waals surface area contributed by atoms with Gasteiger partial charge in [0.1, 0.15) is 0 Å². The molecule has 3 unspecified atom stereocenters. The number of hydrogen-bond donors (Lipinski definition) is 1. The monoisotopic (exact) mass is 212 g/mol. The van der Waals surface area contributed by atoms with Crippen LogP contribution >= 0.6 is 0 Å². The molecule has 0 aromatic rings. The summed E-state index contributed by atoms with van der Waals surface area (Å²) in [6, 6.07) is 0.381. The highest BCUT2D eigenvalue weighted by molar-refractivity contribution is 5.79. The molecule has 0 spiro atoms. The van der Waals surface area contributed by atoms with Gasteiger partial charge in [-0.1, -0.05) is 13.8 Å². The number of likely N-dealkylation sites (tertiary alicyclic amines) is 1. The Morgan fingerprint density at radius 3 is 2.73 bits per heavy atom. The lowest BCUT2D eigenvalue weighted by Gasteiger charge is -2.39. The lowest BCUT2D eigenvalue weighted by atomic mass is 9.90. The molecule has 0 aromatic heterocycles. The van der Waals surface area contributed by atoms with Gasteiger partial charge in [0.05, 0.1) is 5.92 Å². The fourth-order valence-electron chi connectivity index (χ4n) is 2.32. The van der Waals surface area contributed by atoms with E-state index in [1.807, 2.05) is 11.8 Å². The number of carbonyl (C=O) groups excluding carboxylic acids is 1. The van der Waals surface area contributed by atoms with Crippen LogP contribution in [0.1, 0.15) is 40.0 Å². The van der Waals surface area contributed by atoms with E-state index in [2.05, 4.69) is 13.8 Å². The minimum atomic E-state index is 0.0257. The van der Waals surface area contributed by atoms with Crippen molar-refractivity contribution in [3.63, 3.8) is 0 Å². The van der Waals surface area contributed by atoms with Crippen LogP contribution in [0.25, 0.3) is 0 Å². The SMILES string of the molecule is CCC(CN)C(=O)N1CCCC(C)C1C. The molecule has 88 valence electrons. The molecule has 2 N–H and O–H groups in total. The Morgan fingerprint density at radius 2 is 2.20 bits per heavy atom. The van der Waals surface area contributed by atoms with E-state index in [1.165, 1.54) is 6.42 Å². The van der Waals surface area contributed by atoms with Crippen LogP contribution in [0.3, 0.4) is 0 Å². The molecule has 1 fully saturated rings. The Bertz CT molecular complexity index is 214. The normalized spacial score (nSPS) is 28.9. The third kappa shape index (κ3) is 2.71. The molecule has 3 nitrogen and oxygen atoms in total. The number of piperidine rings is 1. The first kappa shape index (κ1) is 12.5. The van der Waals surface area contributed by atoms with Crippen molar-refractivity contribution < 1.29 is 4.79 Å². The highest BCUT2D eigenvalue weighted by Gasteiger charge is 2.31. The molecule has 0 aliphatic carbocycles. The summed E-state index contributed by atoms with van der Waals surface area (Å²) in [5.74, 6) is 0.912. The molecule has 1 rings (SSSR count). The zero-order valence-electron chi connectivity index (χ0n) is 10.2. The number of carbonyl (C=O) groups is 1. The second-order valence-electron chi connectivity index (χ2n) is 4.73. The van der Waals surface area contributed by atoms with E-state index >= 15 is 0 Å². The summed E-state index contributed by atoms with van der Waals surface area (Å²) >= 11 is 0. The van der Waals surface area contributed by atoms with E-state index < -0.39 is 0 Å². The smallest absolute Gasteiger partial charge is 0.227 e. The van der Waals surface area contributed by atoms with Crippen molar-refractivity contribution >= 4 is 5.91 Å². The standard InChI is InChI=1S/C12H24N2O/c1-4-11(8-13)12(15)14-7-5-6-9(2)10(14)3/h9-11H,4-8,13H2,1-3H3. The molecule has 3 atom stereocenters. The number of nitrogens with zero attached hydrogens (tertiary/aromatic N) is 1. The van der Waals surface area contributed by atoms with Crippen LogP contribution in [0.2, 0.25) is 0 Å². The molecule has 1 saturated heterocycles. The highest BCUT2D eigenvalue weighted by atomic mass is 16.2. The molecule has 1 heterocycles. The predicted octanol–water partition coefficient (Wildman–Crippen LogP) is 1.62. The first-order chi connectivity index (χ1) is 7.11. The van der Waals surface area contributed by atoms with Gasteiger partial charge >= 0.3 is 0 Å². The second-order valence-corrected chi connectivity index (χ2v) is 4.73. The van der Waals surface area contributed by atoms with E-state index in [0.29, 0.717) is 18.5 Å². The van der Waals surface area contributed by atoms with Crippen LogP contribution in [-0.4, -0.2) is 29.9 Å². The Labute approximate surface area is 93.0 Å². The van der Waals surface area contributed by atoms with Crippen LogP contribution in [-0.2, 0) is 4.79 Å². The first-order valence-electron chi connectivity index (χ1n) is 6.12. The number of rotatable bonds is 3. The van der Waals surface area contributed by atoms with E-state index in [-0.39, 0.29) is 11.8 Å². The minimum Gasteiger partial charge on any atom is -0.339 e. The Hall–Kier alpha value is -0.570. The maximum Gasteiger partial charge on any atom is 0.227 e. The van der Waals surface area contributed by atoms with Crippen molar-refractivity contribution in [3.8, 4) is 0 Å². The molecular formula is C12H24N2O. The maximum atomic E-state index is 12.2. The molecule has 1 amide bonds. The predicted molar refractivity (Wildman–Crippen MR) is 62.4 cm³/mol. The lowest BCUT2D eigenvalue weighted by molar-refractivity contribution is -0.140. The summed E-state index contributed by atoms with van der Waals surface area (Å²) in [6.07, 6.45) is 3.23. The molecule has 15 heavy (non-hydrogen) atoms.